The van der Waals surface area contributed by atoms with Gasteiger partial charge in [-0.1, -0.05) is 11.6 Å². The molecule has 1 aromatic rings. The van der Waals surface area contributed by atoms with Gasteiger partial charge in [-0.05, 0) is 19.4 Å². The van der Waals surface area contributed by atoms with E-state index < -0.39 is 10.9 Å². The first kappa shape index (κ1) is 14.0. The zero-order valence-corrected chi connectivity index (χ0v) is 11.3. The number of esters is 1. The maximum atomic E-state index is 11.5. The minimum Gasteiger partial charge on any atom is -0.464 e. The fourth-order valence-electron chi connectivity index (χ4n) is 2.13. The van der Waals surface area contributed by atoms with Crippen LogP contribution in [0.5, 0.6) is 0 Å². The molecule has 0 saturated carbocycles. The number of rotatable bonds is 3. The van der Waals surface area contributed by atoms with Crippen molar-refractivity contribution in [3.8, 4) is 0 Å². The van der Waals surface area contributed by atoms with E-state index in [-0.39, 0.29) is 17.2 Å². The van der Waals surface area contributed by atoms with Gasteiger partial charge in [-0.3, -0.25) is 10.1 Å². The number of methoxy groups -OCH3 is 1. The molecule has 1 aliphatic rings. The third kappa shape index (κ3) is 2.76. The number of carbonyl (C=O) groups is 1. The highest BCUT2D eigenvalue weighted by molar-refractivity contribution is 5.88. The molecular formula is C13H15N3O4. The first-order valence-corrected chi connectivity index (χ1v) is 6.17. The van der Waals surface area contributed by atoms with Crippen LogP contribution in [0.15, 0.2) is 23.8 Å². The number of ether oxygens (including phenoxy) is 1. The van der Waals surface area contributed by atoms with E-state index in [0.29, 0.717) is 13.1 Å². The highest BCUT2D eigenvalue weighted by Gasteiger charge is 2.24. The Kier molecular flexibility index (Phi) is 3.97. The fourth-order valence-corrected chi connectivity index (χ4v) is 2.13. The van der Waals surface area contributed by atoms with Crippen LogP contribution in [-0.4, -0.2) is 36.1 Å². The molecule has 0 aromatic carbocycles. The predicted molar refractivity (Wildman–Crippen MR) is 72.8 cm³/mol. The summed E-state index contributed by atoms with van der Waals surface area (Å²) in [6, 6.07) is 2.60. The second-order valence-electron chi connectivity index (χ2n) is 4.55. The van der Waals surface area contributed by atoms with Crippen molar-refractivity contribution < 1.29 is 14.5 Å². The van der Waals surface area contributed by atoms with Crippen molar-refractivity contribution >= 4 is 17.5 Å². The number of hydrogen-bond acceptors (Lipinski definition) is 6. The van der Waals surface area contributed by atoms with Crippen molar-refractivity contribution in [2.75, 3.05) is 25.1 Å². The van der Waals surface area contributed by atoms with Gasteiger partial charge in [0.05, 0.1) is 12.0 Å². The summed E-state index contributed by atoms with van der Waals surface area (Å²) in [6.45, 7) is 3.16. The summed E-state index contributed by atoms with van der Waals surface area (Å²) in [7, 11) is 1.25. The van der Waals surface area contributed by atoms with Crippen LogP contribution < -0.4 is 4.90 Å². The summed E-state index contributed by atoms with van der Waals surface area (Å²) < 4.78 is 4.60. The highest BCUT2D eigenvalue weighted by Crippen LogP contribution is 2.28. The maximum Gasteiger partial charge on any atom is 0.356 e. The molecule has 2 rings (SSSR count). The Balaban J connectivity index is 2.44. The van der Waals surface area contributed by atoms with Crippen molar-refractivity contribution in [2.45, 2.75) is 13.3 Å². The predicted octanol–water partition coefficient (Wildman–Crippen LogP) is 1.93. The first-order chi connectivity index (χ1) is 9.52. The number of nitro groups is 1. The molecule has 1 aromatic heterocycles. The Morgan fingerprint density at radius 1 is 1.50 bits per heavy atom. The van der Waals surface area contributed by atoms with Gasteiger partial charge in [0, 0.05) is 19.2 Å². The fraction of sp³-hybridized carbons (Fsp3) is 0.385. The minimum absolute atomic E-state index is 0.0697. The average molecular weight is 277 g/mol. The van der Waals surface area contributed by atoms with Crippen molar-refractivity contribution in [1.29, 1.82) is 0 Å². The topological polar surface area (TPSA) is 85.6 Å². The molecule has 0 atom stereocenters. The number of anilines is 1. The molecule has 2 heterocycles. The SMILES string of the molecule is COC(=O)c1ccc([N+](=O)[O-])c(N2CCC=C(C)C2)n1. The normalized spacial score (nSPS) is 14.7. The van der Waals surface area contributed by atoms with Crippen LogP contribution in [0.2, 0.25) is 0 Å². The smallest absolute Gasteiger partial charge is 0.356 e. The quantitative estimate of drug-likeness (QED) is 0.363. The molecule has 20 heavy (non-hydrogen) atoms. The van der Waals surface area contributed by atoms with Crippen LogP contribution >= 0.6 is 0 Å². The molecule has 0 unspecified atom stereocenters. The van der Waals surface area contributed by atoms with E-state index in [4.69, 9.17) is 0 Å². The number of carbonyl (C=O) groups excluding carboxylic acids is 1. The number of pyridine rings is 1. The van der Waals surface area contributed by atoms with Gasteiger partial charge in [-0.2, -0.15) is 0 Å². The number of aromatic nitrogens is 1. The van der Waals surface area contributed by atoms with Crippen LogP contribution in [-0.2, 0) is 4.74 Å². The second-order valence-corrected chi connectivity index (χ2v) is 4.55. The van der Waals surface area contributed by atoms with Crippen LogP contribution in [0.25, 0.3) is 0 Å². The summed E-state index contributed by atoms with van der Waals surface area (Å²) in [5.74, 6) is -0.393. The van der Waals surface area contributed by atoms with Crippen molar-refractivity contribution in [3.63, 3.8) is 0 Å². The third-order valence-corrected chi connectivity index (χ3v) is 3.08. The average Bonchev–Trinajstić information content (AvgIpc) is 2.45. The van der Waals surface area contributed by atoms with Gasteiger partial charge in [0.25, 0.3) is 0 Å². The highest BCUT2D eigenvalue weighted by atomic mass is 16.6. The summed E-state index contributed by atoms with van der Waals surface area (Å²) in [4.78, 5) is 28.0. The van der Waals surface area contributed by atoms with E-state index in [1.165, 1.54) is 19.2 Å². The molecule has 7 nitrogen and oxygen atoms in total. The van der Waals surface area contributed by atoms with E-state index in [0.717, 1.165) is 12.0 Å². The molecule has 7 heteroatoms. The Labute approximate surface area is 116 Å². The summed E-state index contributed by atoms with van der Waals surface area (Å²) in [5, 5.41) is 11.1. The van der Waals surface area contributed by atoms with Crippen LogP contribution in [0.1, 0.15) is 23.8 Å². The lowest BCUT2D eigenvalue weighted by Crippen LogP contribution is -2.31. The van der Waals surface area contributed by atoms with Gasteiger partial charge in [0.15, 0.2) is 5.69 Å². The maximum absolute atomic E-state index is 11.5. The Morgan fingerprint density at radius 3 is 2.85 bits per heavy atom. The Bertz CT molecular complexity index is 583. The molecule has 0 N–H and O–H groups in total. The Hall–Kier alpha value is -2.44. The van der Waals surface area contributed by atoms with E-state index in [1.807, 2.05) is 6.92 Å². The summed E-state index contributed by atoms with van der Waals surface area (Å²) in [5.41, 5.74) is 1.09. The van der Waals surface area contributed by atoms with E-state index >= 15 is 0 Å². The molecule has 0 aliphatic carbocycles. The summed E-state index contributed by atoms with van der Waals surface area (Å²) >= 11 is 0. The zero-order chi connectivity index (χ0) is 14.7. The van der Waals surface area contributed by atoms with Gasteiger partial charge in [0.2, 0.25) is 5.82 Å². The molecule has 0 spiro atoms. The van der Waals surface area contributed by atoms with E-state index in [9.17, 15) is 14.9 Å². The monoisotopic (exact) mass is 277 g/mol. The zero-order valence-electron chi connectivity index (χ0n) is 11.3. The molecule has 0 radical (unpaired) electrons. The van der Waals surface area contributed by atoms with Gasteiger partial charge in [-0.15, -0.1) is 0 Å². The molecule has 106 valence electrons. The lowest BCUT2D eigenvalue weighted by Gasteiger charge is -2.26. The molecule has 0 saturated heterocycles. The minimum atomic E-state index is -0.606. The summed E-state index contributed by atoms with van der Waals surface area (Å²) in [6.07, 6.45) is 2.89. The van der Waals surface area contributed by atoms with E-state index in [1.54, 1.807) is 4.90 Å². The van der Waals surface area contributed by atoms with Crippen LogP contribution in [0.3, 0.4) is 0 Å². The molecule has 0 bridgehead atoms. The van der Waals surface area contributed by atoms with Crippen molar-refractivity contribution in [3.05, 3.63) is 39.6 Å². The lowest BCUT2D eigenvalue weighted by molar-refractivity contribution is -0.384. The molecule has 0 amide bonds. The van der Waals surface area contributed by atoms with Gasteiger partial charge in [-0.25, -0.2) is 9.78 Å². The standard InChI is InChI=1S/C13H15N3O4/c1-9-4-3-7-15(8-9)12-11(16(18)19)6-5-10(14-12)13(17)20-2/h4-6H,3,7-8H2,1-2H3. The van der Waals surface area contributed by atoms with Crippen LogP contribution in [0, 0.1) is 10.1 Å². The van der Waals surface area contributed by atoms with Crippen LogP contribution in [0.4, 0.5) is 11.5 Å². The molecule has 0 fully saturated rings. The number of nitrogens with zero attached hydrogens (tertiary/aromatic N) is 3. The second kappa shape index (κ2) is 5.68. The van der Waals surface area contributed by atoms with Crippen molar-refractivity contribution in [2.24, 2.45) is 0 Å². The first-order valence-electron chi connectivity index (χ1n) is 6.17. The third-order valence-electron chi connectivity index (χ3n) is 3.08. The largest absolute Gasteiger partial charge is 0.464 e. The van der Waals surface area contributed by atoms with Gasteiger partial charge in [0.1, 0.15) is 0 Å². The number of hydrogen-bond donors (Lipinski definition) is 0. The van der Waals surface area contributed by atoms with Gasteiger partial charge < -0.3 is 9.64 Å². The Morgan fingerprint density at radius 2 is 2.25 bits per heavy atom. The molecule has 1 aliphatic heterocycles. The lowest BCUT2D eigenvalue weighted by atomic mass is 10.1. The molecular weight excluding hydrogens is 262 g/mol. The van der Waals surface area contributed by atoms with E-state index in [2.05, 4.69) is 15.8 Å². The van der Waals surface area contributed by atoms with Gasteiger partial charge >= 0.3 is 11.7 Å². The van der Waals surface area contributed by atoms with Crippen molar-refractivity contribution in [1.82, 2.24) is 4.98 Å².